The lowest BCUT2D eigenvalue weighted by Gasteiger charge is -2.42. The normalized spacial score (nSPS) is 29.9. The first-order chi connectivity index (χ1) is 12.0. The lowest BCUT2D eigenvalue weighted by molar-refractivity contribution is -0.227. The van der Waals surface area contributed by atoms with Gasteiger partial charge in [-0.1, -0.05) is 5.11 Å². The predicted molar refractivity (Wildman–Crippen MR) is 85.9 cm³/mol. The summed E-state index contributed by atoms with van der Waals surface area (Å²) in [6, 6.07) is -1.54. The first-order valence-electron chi connectivity index (χ1n) is 7.79. The summed E-state index contributed by atoms with van der Waals surface area (Å²) in [5, 5.41) is 35.6. The molecule has 0 aromatic carbocycles. The highest BCUT2D eigenvalue weighted by atomic mass is 16.6. The van der Waals surface area contributed by atoms with E-state index in [2.05, 4.69) is 20.1 Å². The zero-order chi connectivity index (χ0) is 20.1. The Labute approximate surface area is 149 Å². The van der Waals surface area contributed by atoms with Crippen molar-refractivity contribution in [2.45, 2.75) is 62.9 Å². The van der Waals surface area contributed by atoms with Crippen molar-refractivity contribution in [3.8, 4) is 0 Å². The molecule has 1 heterocycles. The van der Waals surface area contributed by atoms with E-state index in [9.17, 15) is 24.9 Å². The van der Waals surface area contributed by atoms with Crippen molar-refractivity contribution in [1.82, 2.24) is 5.32 Å². The standard InChI is InChI=1S/C14H24N4O8/c1-14(2,3)26-13(23)17-7(12(22)24-4)11-10(21)9(20)8(19)6(25-11)5-16-18-15/h6-11,19-21H,5H2,1-4H3,(H,17,23)/t6-,7-,8-,9+,10-,11+/m1/s1. The molecule has 148 valence electrons. The molecule has 1 saturated heterocycles. The van der Waals surface area contributed by atoms with Crippen molar-refractivity contribution in [3.63, 3.8) is 0 Å². The molecule has 1 fully saturated rings. The Balaban J connectivity index is 3.04. The molecule has 0 saturated carbocycles. The molecular weight excluding hydrogens is 352 g/mol. The number of nitrogens with zero attached hydrogens (tertiary/aromatic N) is 3. The van der Waals surface area contributed by atoms with Gasteiger partial charge >= 0.3 is 12.1 Å². The van der Waals surface area contributed by atoms with E-state index in [-0.39, 0.29) is 6.54 Å². The fourth-order valence-corrected chi connectivity index (χ4v) is 2.36. The van der Waals surface area contributed by atoms with Gasteiger partial charge in [0.15, 0.2) is 6.04 Å². The number of hydrogen-bond donors (Lipinski definition) is 4. The third-order valence-corrected chi connectivity index (χ3v) is 3.53. The van der Waals surface area contributed by atoms with Gasteiger partial charge in [0.05, 0.1) is 19.8 Å². The van der Waals surface area contributed by atoms with Crippen LogP contribution in [-0.4, -0.2) is 83.2 Å². The average molecular weight is 376 g/mol. The summed E-state index contributed by atoms with van der Waals surface area (Å²) in [4.78, 5) is 26.6. The smallest absolute Gasteiger partial charge is 0.408 e. The van der Waals surface area contributed by atoms with Gasteiger partial charge in [-0.3, -0.25) is 0 Å². The van der Waals surface area contributed by atoms with E-state index in [0.717, 1.165) is 7.11 Å². The predicted octanol–water partition coefficient (Wildman–Crippen LogP) is -0.787. The van der Waals surface area contributed by atoms with Crippen LogP contribution in [0.2, 0.25) is 0 Å². The molecule has 4 N–H and O–H groups in total. The quantitative estimate of drug-likeness (QED) is 0.208. The second-order valence-corrected chi connectivity index (χ2v) is 6.67. The van der Waals surface area contributed by atoms with E-state index in [1.54, 1.807) is 20.8 Å². The number of ether oxygens (including phenoxy) is 3. The average Bonchev–Trinajstić information content (AvgIpc) is 2.55. The Morgan fingerprint density at radius 3 is 2.38 bits per heavy atom. The molecule has 1 aliphatic heterocycles. The summed E-state index contributed by atoms with van der Waals surface area (Å²) in [7, 11) is 1.06. The molecule has 0 aromatic rings. The number of aliphatic hydroxyl groups is 3. The van der Waals surface area contributed by atoms with Crippen molar-refractivity contribution in [1.29, 1.82) is 0 Å². The summed E-state index contributed by atoms with van der Waals surface area (Å²) in [6.07, 6.45) is -8.66. The highest BCUT2D eigenvalue weighted by Gasteiger charge is 2.49. The molecule has 1 aliphatic rings. The minimum atomic E-state index is -1.73. The van der Waals surface area contributed by atoms with Crippen LogP contribution in [-0.2, 0) is 19.0 Å². The van der Waals surface area contributed by atoms with Gasteiger partial charge in [-0.15, -0.1) is 0 Å². The van der Waals surface area contributed by atoms with Gasteiger partial charge in [0.1, 0.15) is 30.0 Å². The maximum Gasteiger partial charge on any atom is 0.408 e. The Hall–Kier alpha value is -2.11. The number of hydrogen-bond acceptors (Lipinski definition) is 9. The van der Waals surface area contributed by atoms with E-state index < -0.39 is 54.2 Å². The van der Waals surface area contributed by atoms with Crippen LogP contribution in [0.1, 0.15) is 20.8 Å². The topological polar surface area (TPSA) is 183 Å². The summed E-state index contributed by atoms with van der Waals surface area (Å²) >= 11 is 0. The number of carbonyl (C=O) groups excluding carboxylic acids is 2. The van der Waals surface area contributed by atoms with E-state index >= 15 is 0 Å². The monoisotopic (exact) mass is 376 g/mol. The van der Waals surface area contributed by atoms with Gasteiger partial charge in [-0.25, -0.2) is 9.59 Å². The third-order valence-electron chi connectivity index (χ3n) is 3.53. The number of carbonyl (C=O) groups is 2. The maximum atomic E-state index is 12.1. The number of azide groups is 1. The molecular formula is C14H24N4O8. The van der Waals surface area contributed by atoms with Crippen LogP contribution in [0.25, 0.3) is 10.4 Å². The molecule has 0 unspecified atom stereocenters. The first-order valence-corrected chi connectivity index (χ1v) is 7.79. The number of methoxy groups -OCH3 is 1. The molecule has 0 aromatic heterocycles. The molecule has 0 radical (unpaired) electrons. The molecule has 6 atom stereocenters. The van der Waals surface area contributed by atoms with Crippen LogP contribution in [0, 0.1) is 0 Å². The van der Waals surface area contributed by atoms with Crippen LogP contribution in [0.4, 0.5) is 4.79 Å². The van der Waals surface area contributed by atoms with E-state index in [1.807, 2.05) is 0 Å². The fourth-order valence-electron chi connectivity index (χ4n) is 2.36. The number of aliphatic hydroxyl groups excluding tert-OH is 3. The molecule has 0 spiro atoms. The maximum absolute atomic E-state index is 12.1. The van der Waals surface area contributed by atoms with E-state index in [4.69, 9.17) is 15.0 Å². The van der Waals surface area contributed by atoms with Gasteiger partial charge in [0.2, 0.25) is 0 Å². The van der Waals surface area contributed by atoms with Crippen molar-refractivity contribution in [2.24, 2.45) is 5.11 Å². The minimum Gasteiger partial charge on any atom is -0.467 e. The van der Waals surface area contributed by atoms with Crippen LogP contribution < -0.4 is 5.32 Å². The van der Waals surface area contributed by atoms with Crippen LogP contribution in [0.3, 0.4) is 0 Å². The lowest BCUT2D eigenvalue weighted by atomic mass is 9.91. The van der Waals surface area contributed by atoms with Gasteiger partial charge in [-0.05, 0) is 26.3 Å². The molecule has 1 rings (SSSR count). The molecule has 12 nitrogen and oxygen atoms in total. The molecule has 0 aliphatic carbocycles. The largest absolute Gasteiger partial charge is 0.467 e. The summed E-state index contributed by atoms with van der Waals surface area (Å²) in [6.45, 7) is 4.48. The number of alkyl carbamates (subject to hydrolysis) is 1. The summed E-state index contributed by atoms with van der Waals surface area (Å²) < 4.78 is 15.1. The van der Waals surface area contributed by atoms with Crippen molar-refractivity contribution in [3.05, 3.63) is 10.4 Å². The zero-order valence-electron chi connectivity index (χ0n) is 14.9. The first kappa shape index (κ1) is 21.9. The van der Waals surface area contributed by atoms with E-state index in [0.29, 0.717) is 0 Å². The van der Waals surface area contributed by atoms with Gasteiger partial charge in [-0.2, -0.15) is 0 Å². The van der Waals surface area contributed by atoms with Crippen LogP contribution in [0.15, 0.2) is 5.11 Å². The van der Waals surface area contributed by atoms with Gasteiger partial charge in [0.25, 0.3) is 0 Å². The number of amides is 1. The highest BCUT2D eigenvalue weighted by Crippen LogP contribution is 2.24. The molecule has 0 bridgehead atoms. The SMILES string of the molecule is COC(=O)[C@H](NC(=O)OC(C)(C)C)[C@@H]1O[C@H](CN=[N+]=[N-])[C@@H](O)[C@H](O)[C@H]1O. The second-order valence-electron chi connectivity index (χ2n) is 6.67. The van der Waals surface area contributed by atoms with Crippen molar-refractivity contribution >= 4 is 12.1 Å². The minimum absolute atomic E-state index is 0.363. The van der Waals surface area contributed by atoms with Crippen molar-refractivity contribution in [2.75, 3.05) is 13.7 Å². The Bertz CT molecular complexity index is 560. The van der Waals surface area contributed by atoms with Gasteiger partial charge in [0, 0.05) is 4.91 Å². The molecule has 1 amide bonds. The Kier molecular flexibility index (Phi) is 7.60. The zero-order valence-corrected chi connectivity index (χ0v) is 14.9. The van der Waals surface area contributed by atoms with Crippen LogP contribution in [0.5, 0.6) is 0 Å². The highest BCUT2D eigenvalue weighted by molar-refractivity contribution is 5.82. The number of rotatable bonds is 5. The van der Waals surface area contributed by atoms with Crippen molar-refractivity contribution < 1.29 is 39.1 Å². The molecule has 12 heteroatoms. The second kappa shape index (κ2) is 9.01. The number of nitrogens with one attached hydrogen (secondary N) is 1. The fraction of sp³-hybridized carbons (Fsp3) is 0.857. The Morgan fingerprint density at radius 2 is 1.88 bits per heavy atom. The summed E-state index contributed by atoms with van der Waals surface area (Å²) in [5.74, 6) is -0.967. The number of esters is 1. The summed E-state index contributed by atoms with van der Waals surface area (Å²) in [5.41, 5.74) is 7.54. The van der Waals surface area contributed by atoms with E-state index in [1.165, 1.54) is 0 Å². The lowest BCUT2D eigenvalue weighted by Crippen LogP contribution is -2.65. The molecule has 26 heavy (non-hydrogen) atoms. The Morgan fingerprint density at radius 1 is 1.27 bits per heavy atom. The van der Waals surface area contributed by atoms with Crippen LogP contribution >= 0.6 is 0 Å². The third kappa shape index (κ3) is 5.71. The van der Waals surface area contributed by atoms with Gasteiger partial charge < -0.3 is 34.8 Å².